The van der Waals surface area contributed by atoms with Crippen molar-refractivity contribution in [3.63, 3.8) is 0 Å². The Kier molecular flexibility index (Phi) is 13.7. The normalized spacial score (nSPS) is 18.4. The van der Waals surface area contributed by atoms with Gasteiger partial charge in [0.25, 0.3) is 0 Å². The molecule has 326 valence electrons. The fourth-order valence-electron chi connectivity index (χ4n) is 9.69. The van der Waals surface area contributed by atoms with E-state index in [9.17, 15) is 18.8 Å². The third-order valence-corrected chi connectivity index (χ3v) is 13.1. The van der Waals surface area contributed by atoms with Crippen molar-refractivity contribution in [2.75, 3.05) is 33.3 Å². The highest BCUT2D eigenvalue weighted by atomic mass is 19.1. The highest BCUT2D eigenvalue weighted by Crippen LogP contribution is 2.36. The van der Waals surface area contributed by atoms with Gasteiger partial charge in [-0.25, -0.2) is 9.37 Å². The lowest BCUT2D eigenvalue weighted by Crippen LogP contribution is -2.47. The zero-order valence-corrected chi connectivity index (χ0v) is 36.5. The van der Waals surface area contributed by atoms with E-state index < -0.39 is 11.9 Å². The molecule has 10 nitrogen and oxygen atoms in total. The van der Waals surface area contributed by atoms with Crippen molar-refractivity contribution in [2.24, 2.45) is 10.9 Å². The molecule has 5 aromatic rings. The van der Waals surface area contributed by atoms with Gasteiger partial charge in [-0.2, -0.15) is 0 Å². The van der Waals surface area contributed by atoms with Crippen LogP contribution in [0.25, 0.3) is 28.0 Å². The summed E-state index contributed by atoms with van der Waals surface area (Å²) in [5.74, 6) is -0.346. The van der Waals surface area contributed by atoms with Crippen LogP contribution in [-0.4, -0.2) is 87.5 Å². The van der Waals surface area contributed by atoms with Crippen molar-refractivity contribution in [1.29, 1.82) is 0 Å². The fourth-order valence-corrected chi connectivity index (χ4v) is 9.69. The van der Waals surface area contributed by atoms with Gasteiger partial charge in [0.15, 0.2) is 0 Å². The summed E-state index contributed by atoms with van der Waals surface area (Å²) >= 11 is 0. The molecule has 1 aromatic heterocycles. The zero-order valence-electron chi connectivity index (χ0n) is 36.5. The van der Waals surface area contributed by atoms with Crippen molar-refractivity contribution in [3.05, 3.63) is 144 Å². The maximum absolute atomic E-state index is 14.5. The number of H-pyrrole nitrogens is 1. The van der Waals surface area contributed by atoms with Crippen molar-refractivity contribution in [3.8, 4) is 22.4 Å². The Bertz CT molecular complexity index is 2440. The van der Waals surface area contributed by atoms with Crippen molar-refractivity contribution < 1.29 is 23.5 Å². The lowest BCUT2D eigenvalue weighted by Gasteiger charge is -2.35. The maximum Gasteiger partial charge on any atom is 0.305 e. The van der Waals surface area contributed by atoms with Crippen LogP contribution < -0.4 is 0 Å². The van der Waals surface area contributed by atoms with Crippen LogP contribution in [0.5, 0.6) is 0 Å². The van der Waals surface area contributed by atoms with Gasteiger partial charge in [0.1, 0.15) is 17.7 Å². The molecular weight excluding hydrogens is 792 g/mol. The number of rotatable bonds is 16. The molecule has 0 bridgehead atoms. The van der Waals surface area contributed by atoms with E-state index in [2.05, 4.69) is 89.3 Å². The van der Waals surface area contributed by atoms with Gasteiger partial charge in [-0.15, -0.1) is 0 Å². The topological polar surface area (TPSA) is 111 Å². The number of nitrogens with one attached hydrogen (secondary N) is 1. The second-order valence-electron chi connectivity index (χ2n) is 16.9. The van der Waals surface area contributed by atoms with Crippen LogP contribution in [0.15, 0.2) is 121 Å². The number of aromatic nitrogens is 2. The Balaban J connectivity index is 0.882. The highest BCUT2D eigenvalue weighted by molar-refractivity contribution is 6.03. The fraction of sp³-hybridized carbons (Fsp3) is 0.365. The summed E-state index contributed by atoms with van der Waals surface area (Å²) in [6, 6.07) is 33.1. The quantitative estimate of drug-likeness (QED) is 0.0991. The summed E-state index contributed by atoms with van der Waals surface area (Å²) < 4.78 is 19.4. The van der Waals surface area contributed by atoms with Crippen LogP contribution in [0.1, 0.15) is 93.4 Å². The number of nitrogens with zero attached hydrogens (tertiary/aromatic N) is 5. The Morgan fingerprint density at radius 2 is 1.43 bits per heavy atom. The Morgan fingerprint density at radius 1 is 0.794 bits per heavy atom. The molecule has 2 amide bonds. The molecule has 4 atom stereocenters. The molecule has 0 spiro atoms. The Hall–Kier alpha value is -6.20. The van der Waals surface area contributed by atoms with E-state index >= 15 is 0 Å². The van der Waals surface area contributed by atoms with Gasteiger partial charge in [-0.3, -0.25) is 24.3 Å². The minimum atomic E-state index is -0.419. The minimum absolute atomic E-state index is 0.00626. The number of benzene rings is 4. The molecule has 4 aromatic carbocycles. The first kappa shape index (κ1) is 43.4. The summed E-state index contributed by atoms with van der Waals surface area (Å²) in [6.45, 7) is 7.18. The van der Waals surface area contributed by atoms with Crippen LogP contribution in [0, 0.1) is 11.7 Å². The number of hydrogen-bond donors (Lipinski definition) is 1. The first-order valence-electron chi connectivity index (χ1n) is 22.5. The van der Waals surface area contributed by atoms with E-state index in [4.69, 9.17) is 14.7 Å². The van der Waals surface area contributed by atoms with Gasteiger partial charge in [-0.05, 0) is 96.1 Å². The second kappa shape index (κ2) is 19.9. The van der Waals surface area contributed by atoms with Crippen molar-refractivity contribution in [1.82, 2.24) is 24.7 Å². The average Bonchev–Trinajstić information content (AvgIpc) is 4.17. The Labute approximate surface area is 369 Å². The standard InChI is InChI=1S/C52H57FN6O4/c1-4-57(5-2)50(40-13-7-6-8-14-40)52(62)59-28-11-17-46(59)44-32-42(33-54-44)38-21-19-36(20-22-38)37-23-25-39(26-24-37)45-34-55-51(56-45)47-18-12-27-58(47)48(60)30-35(31-49(61)63-3)29-41-15-9-10-16-43(41)53/h6-10,13-16,19-26,33-35,46-47,50H,4-5,11-12,17-18,27-32H2,1-3H3,(H,55,56)/t35-,46+,47+,50?/m1/s1. The molecule has 0 saturated carbocycles. The molecule has 3 aliphatic rings. The van der Waals surface area contributed by atoms with E-state index in [1.54, 1.807) is 18.2 Å². The maximum atomic E-state index is 14.5. The van der Waals surface area contributed by atoms with Crippen molar-refractivity contribution >= 4 is 29.1 Å². The third-order valence-electron chi connectivity index (χ3n) is 13.1. The summed E-state index contributed by atoms with van der Waals surface area (Å²) in [5.41, 5.74) is 8.92. The predicted molar refractivity (Wildman–Crippen MR) is 245 cm³/mol. The number of likely N-dealkylation sites (tertiary alicyclic amines) is 2. The van der Waals surface area contributed by atoms with Gasteiger partial charge in [0.05, 0.1) is 31.1 Å². The van der Waals surface area contributed by atoms with Gasteiger partial charge in [-0.1, -0.05) is 111 Å². The van der Waals surface area contributed by atoms with E-state index in [1.807, 2.05) is 35.5 Å². The Morgan fingerprint density at radius 3 is 2.11 bits per heavy atom. The molecule has 2 saturated heterocycles. The van der Waals surface area contributed by atoms with Crippen LogP contribution >= 0.6 is 0 Å². The number of imidazole rings is 1. The number of aliphatic imine (C=N–C) groups is 1. The zero-order chi connectivity index (χ0) is 43.9. The molecule has 4 heterocycles. The van der Waals surface area contributed by atoms with E-state index in [0.717, 1.165) is 102 Å². The average molecular weight is 849 g/mol. The molecule has 8 rings (SSSR count). The van der Waals surface area contributed by atoms with Crippen LogP contribution in [0.4, 0.5) is 4.39 Å². The molecule has 0 radical (unpaired) electrons. The highest BCUT2D eigenvalue weighted by Gasteiger charge is 2.39. The molecule has 63 heavy (non-hydrogen) atoms. The van der Waals surface area contributed by atoms with E-state index in [1.165, 1.54) is 13.2 Å². The first-order valence-corrected chi connectivity index (χ1v) is 22.5. The molecule has 0 aliphatic carbocycles. The monoisotopic (exact) mass is 848 g/mol. The smallest absolute Gasteiger partial charge is 0.305 e. The van der Waals surface area contributed by atoms with Gasteiger partial charge < -0.3 is 19.5 Å². The predicted octanol–water partition coefficient (Wildman–Crippen LogP) is 9.62. The van der Waals surface area contributed by atoms with Gasteiger partial charge in [0.2, 0.25) is 11.8 Å². The van der Waals surface area contributed by atoms with E-state index in [-0.39, 0.29) is 55.0 Å². The number of methoxy groups -OCH3 is 1. The number of carbonyl (C=O) groups is 3. The number of hydrogen-bond acceptors (Lipinski definition) is 7. The molecule has 11 heteroatoms. The largest absolute Gasteiger partial charge is 0.469 e. The van der Waals surface area contributed by atoms with Gasteiger partial charge in [0, 0.05) is 44.3 Å². The molecule has 1 unspecified atom stereocenters. The van der Waals surface area contributed by atoms with Crippen LogP contribution in [0.3, 0.4) is 0 Å². The number of halogens is 1. The van der Waals surface area contributed by atoms with E-state index in [0.29, 0.717) is 12.1 Å². The van der Waals surface area contributed by atoms with Crippen molar-refractivity contribution in [2.45, 2.75) is 83.3 Å². The summed E-state index contributed by atoms with van der Waals surface area (Å²) in [7, 11) is 1.32. The lowest BCUT2D eigenvalue weighted by atomic mass is 9.92. The number of likely N-dealkylation sites (N-methyl/N-ethyl adjacent to an activating group) is 1. The summed E-state index contributed by atoms with van der Waals surface area (Å²) in [5, 5.41) is 0. The number of ether oxygens (including phenoxy) is 1. The third kappa shape index (κ3) is 9.74. The number of allylic oxidation sites excluding steroid dienone is 1. The summed E-state index contributed by atoms with van der Waals surface area (Å²) in [4.78, 5) is 59.6. The number of carbonyl (C=O) groups excluding carboxylic acids is 3. The molecule has 1 N–H and O–H groups in total. The summed E-state index contributed by atoms with van der Waals surface area (Å²) in [6.07, 6.45) is 8.46. The minimum Gasteiger partial charge on any atom is -0.469 e. The molecule has 2 fully saturated rings. The molecule has 3 aliphatic heterocycles. The first-order chi connectivity index (χ1) is 30.7. The number of amides is 2. The lowest BCUT2D eigenvalue weighted by molar-refractivity contribution is -0.142. The number of aromatic amines is 1. The second-order valence-corrected chi connectivity index (χ2v) is 16.9. The van der Waals surface area contributed by atoms with Crippen LogP contribution in [0.2, 0.25) is 0 Å². The SMILES string of the molecule is CCN(CC)C(C(=O)N1CCC[C@H]1C1=NC=C(c2ccc(-c3ccc(-c4cnc([C@@H]5CCCN5C(=O)C[C@H](CC(=O)OC)Cc5ccccc5F)[nH]4)cc3)cc2)C1)c1ccccc1. The molecular formula is C52H57FN6O4. The van der Waals surface area contributed by atoms with Gasteiger partial charge >= 0.3 is 5.97 Å². The number of esters is 1. The van der Waals surface area contributed by atoms with Crippen LogP contribution in [-0.2, 0) is 25.5 Å².